The number of amides is 1. The van der Waals surface area contributed by atoms with Crippen molar-refractivity contribution in [2.45, 2.75) is 25.0 Å². The minimum Gasteiger partial charge on any atom is -0.364 e. The summed E-state index contributed by atoms with van der Waals surface area (Å²) in [6.45, 7) is 0.465. The number of nitrogens with zero attached hydrogens (tertiary/aromatic N) is 1. The minimum atomic E-state index is -0.391. The molecule has 110 valence electrons. The van der Waals surface area contributed by atoms with Crippen molar-refractivity contribution in [3.8, 4) is 10.6 Å². The molecule has 0 aliphatic carbocycles. The first-order valence-electron chi connectivity index (χ1n) is 6.92. The van der Waals surface area contributed by atoms with Gasteiger partial charge in [0.05, 0.1) is 6.10 Å². The Hall–Kier alpha value is -1.76. The molecule has 1 aromatic carbocycles. The number of carbonyl (C=O) groups is 1. The van der Waals surface area contributed by atoms with Gasteiger partial charge in [-0.25, -0.2) is 4.98 Å². The standard InChI is InChI=1S/C15H17N3O2S/c16-9-12-5-6-13(20-12)14(19)18-11-3-1-10(2-4-11)15-17-7-8-21-15/h1-4,7-8,12-13H,5-6,9,16H2,(H,18,19). The number of hydrogen-bond donors (Lipinski definition) is 2. The molecule has 0 saturated carbocycles. The van der Waals surface area contributed by atoms with E-state index in [2.05, 4.69) is 10.3 Å². The van der Waals surface area contributed by atoms with Crippen molar-refractivity contribution in [3.63, 3.8) is 0 Å². The fraction of sp³-hybridized carbons (Fsp3) is 0.333. The molecule has 1 fully saturated rings. The molecular weight excluding hydrogens is 286 g/mol. The molecule has 1 amide bonds. The van der Waals surface area contributed by atoms with E-state index < -0.39 is 6.10 Å². The summed E-state index contributed by atoms with van der Waals surface area (Å²) < 4.78 is 5.58. The average Bonchev–Trinajstić information content (AvgIpc) is 3.19. The van der Waals surface area contributed by atoms with Crippen molar-refractivity contribution in [2.24, 2.45) is 5.73 Å². The third kappa shape index (κ3) is 3.29. The number of nitrogens with two attached hydrogens (primary N) is 1. The maximum Gasteiger partial charge on any atom is 0.253 e. The molecule has 5 nitrogen and oxygen atoms in total. The van der Waals surface area contributed by atoms with Crippen molar-refractivity contribution >= 4 is 22.9 Å². The van der Waals surface area contributed by atoms with Crippen molar-refractivity contribution in [1.29, 1.82) is 0 Å². The van der Waals surface area contributed by atoms with Crippen LogP contribution in [0, 0.1) is 0 Å². The first-order valence-corrected chi connectivity index (χ1v) is 7.80. The van der Waals surface area contributed by atoms with Gasteiger partial charge in [0, 0.05) is 29.4 Å². The molecule has 1 aliphatic heterocycles. The zero-order chi connectivity index (χ0) is 14.7. The Kier molecular flexibility index (Phi) is 4.28. The van der Waals surface area contributed by atoms with Gasteiger partial charge in [-0.1, -0.05) is 0 Å². The van der Waals surface area contributed by atoms with Crippen LogP contribution >= 0.6 is 11.3 Å². The minimum absolute atomic E-state index is 0.00743. The highest BCUT2D eigenvalue weighted by molar-refractivity contribution is 7.13. The van der Waals surface area contributed by atoms with Gasteiger partial charge in [0.2, 0.25) is 0 Å². The smallest absolute Gasteiger partial charge is 0.253 e. The van der Waals surface area contributed by atoms with Gasteiger partial charge in [0.15, 0.2) is 0 Å². The van der Waals surface area contributed by atoms with Crippen LogP contribution in [0.5, 0.6) is 0 Å². The topological polar surface area (TPSA) is 77.2 Å². The lowest BCUT2D eigenvalue weighted by atomic mass is 10.1. The van der Waals surface area contributed by atoms with E-state index in [1.807, 2.05) is 29.6 Å². The third-order valence-corrected chi connectivity index (χ3v) is 4.32. The summed E-state index contributed by atoms with van der Waals surface area (Å²) in [5, 5.41) is 5.79. The second-order valence-corrected chi connectivity index (χ2v) is 5.86. The number of aromatic nitrogens is 1. The Balaban J connectivity index is 1.62. The Labute approximate surface area is 127 Å². The highest BCUT2D eigenvalue weighted by Crippen LogP contribution is 2.24. The zero-order valence-electron chi connectivity index (χ0n) is 11.5. The van der Waals surface area contributed by atoms with Crippen molar-refractivity contribution in [3.05, 3.63) is 35.8 Å². The van der Waals surface area contributed by atoms with Crippen molar-refractivity contribution in [2.75, 3.05) is 11.9 Å². The Morgan fingerprint density at radius 2 is 2.19 bits per heavy atom. The SMILES string of the molecule is NCC1CCC(C(=O)Nc2ccc(-c3nccs3)cc2)O1. The van der Waals surface area contributed by atoms with Gasteiger partial charge in [-0.3, -0.25) is 4.79 Å². The van der Waals surface area contributed by atoms with Crippen LogP contribution in [-0.4, -0.2) is 29.6 Å². The second-order valence-electron chi connectivity index (χ2n) is 4.96. The lowest BCUT2D eigenvalue weighted by molar-refractivity contribution is -0.126. The van der Waals surface area contributed by atoms with Crippen LogP contribution in [0.2, 0.25) is 0 Å². The molecule has 2 atom stereocenters. The van der Waals surface area contributed by atoms with E-state index in [0.29, 0.717) is 6.54 Å². The largest absolute Gasteiger partial charge is 0.364 e. The van der Waals surface area contributed by atoms with Crippen molar-refractivity contribution < 1.29 is 9.53 Å². The van der Waals surface area contributed by atoms with Gasteiger partial charge >= 0.3 is 0 Å². The number of hydrogen-bond acceptors (Lipinski definition) is 5. The normalized spacial score (nSPS) is 21.4. The van der Waals surface area contributed by atoms with Crippen molar-refractivity contribution in [1.82, 2.24) is 4.98 Å². The van der Waals surface area contributed by atoms with E-state index in [9.17, 15) is 4.79 Å². The number of thiazole rings is 1. The highest BCUT2D eigenvalue weighted by atomic mass is 32.1. The summed E-state index contributed by atoms with van der Waals surface area (Å²) in [4.78, 5) is 16.4. The molecule has 0 spiro atoms. The fourth-order valence-electron chi connectivity index (χ4n) is 2.36. The monoisotopic (exact) mass is 303 g/mol. The van der Waals surface area contributed by atoms with Crippen LogP contribution in [0.3, 0.4) is 0 Å². The molecule has 3 rings (SSSR count). The first-order chi connectivity index (χ1) is 10.3. The van der Waals surface area contributed by atoms with Crippen LogP contribution in [0.25, 0.3) is 10.6 Å². The molecule has 2 unspecified atom stereocenters. The second kappa shape index (κ2) is 6.34. The number of rotatable bonds is 4. The summed E-state index contributed by atoms with van der Waals surface area (Å²) in [7, 11) is 0. The number of nitrogens with one attached hydrogen (secondary N) is 1. The Morgan fingerprint density at radius 3 is 2.81 bits per heavy atom. The number of anilines is 1. The number of benzene rings is 1. The van der Waals surface area contributed by atoms with Crippen LogP contribution in [0.4, 0.5) is 5.69 Å². The molecule has 1 aromatic heterocycles. The third-order valence-electron chi connectivity index (χ3n) is 3.49. The molecular formula is C15H17N3O2S. The molecule has 1 aliphatic rings. The molecule has 2 aromatic rings. The van der Waals surface area contributed by atoms with E-state index in [1.165, 1.54) is 0 Å². The average molecular weight is 303 g/mol. The maximum atomic E-state index is 12.1. The van der Waals surface area contributed by atoms with E-state index in [4.69, 9.17) is 10.5 Å². The summed E-state index contributed by atoms with van der Waals surface area (Å²) >= 11 is 1.59. The van der Waals surface area contributed by atoms with Gasteiger partial charge in [-0.2, -0.15) is 0 Å². The van der Waals surface area contributed by atoms with Crippen LogP contribution < -0.4 is 11.1 Å². The lowest BCUT2D eigenvalue weighted by Crippen LogP contribution is -2.29. The molecule has 0 radical (unpaired) electrons. The summed E-state index contributed by atoms with van der Waals surface area (Å²) in [6.07, 6.45) is 2.97. The van der Waals surface area contributed by atoms with E-state index in [-0.39, 0.29) is 12.0 Å². The van der Waals surface area contributed by atoms with Gasteiger partial charge in [-0.05, 0) is 37.1 Å². The molecule has 2 heterocycles. The first kappa shape index (κ1) is 14.2. The Bertz CT molecular complexity index is 598. The molecule has 1 saturated heterocycles. The van der Waals surface area contributed by atoms with Gasteiger partial charge < -0.3 is 15.8 Å². The van der Waals surface area contributed by atoms with Crippen LogP contribution in [-0.2, 0) is 9.53 Å². The molecule has 3 N–H and O–H groups in total. The summed E-state index contributed by atoms with van der Waals surface area (Å²) in [5.74, 6) is -0.104. The fourth-order valence-corrected chi connectivity index (χ4v) is 3.00. The maximum absolute atomic E-state index is 12.1. The van der Waals surface area contributed by atoms with Crippen LogP contribution in [0.15, 0.2) is 35.8 Å². The predicted molar refractivity (Wildman–Crippen MR) is 83.1 cm³/mol. The highest BCUT2D eigenvalue weighted by Gasteiger charge is 2.29. The van der Waals surface area contributed by atoms with E-state index in [0.717, 1.165) is 29.1 Å². The van der Waals surface area contributed by atoms with E-state index >= 15 is 0 Å². The number of carbonyl (C=O) groups excluding carboxylic acids is 1. The number of ether oxygens (including phenoxy) is 1. The quantitative estimate of drug-likeness (QED) is 0.908. The van der Waals surface area contributed by atoms with Crippen LogP contribution in [0.1, 0.15) is 12.8 Å². The molecule has 0 bridgehead atoms. The van der Waals surface area contributed by atoms with Gasteiger partial charge in [0.25, 0.3) is 5.91 Å². The molecule has 6 heteroatoms. The zero-order valence-corrected chi connectivity index (χ0v) is 12.3. The van der Waals surface area contributed by atoms with Gasteiger partial charge in [0.1, 0.15) is 11.1 Å². The lowest BCUT2D eigenvalue weighted by Gasteiger charge is -2.12. The summed E-state index contributed by atoms with van der Waals surface area (Å²) in [5.41, 5.74) is 7.36. The van der Waals surface area contributed by atoms with Gasteiger partial charge in [-0.15, -0.1) is 11.3 Å². The molecule has 21 heavy (non-hydrogen) atoms. The Morgan fingerprint density at radius 1 is 1.38 bits per heavy atom. The van der Waals surface area contributed by atoms with E-state index in [1.54, 1.807) is 17.5 Å². The summed E-state index contributed by atoms with van der Waals surface area (Å²) in [6, 6.07) is 7.66. The predicted octanol–water partition coefficient (Wildman–Crippen LogP) is 2.25.